The average molecular weight is 274 g/mol. The zero-order valence-corrected chi connectivity index (χ0v) is 12.9. The first-order valence-corrected chi connectivity index (χ1v) is 7.87. The number of aliphatic hydroxyl groups is 1. The Balaban J connectivity index is 2.10. The number of fused-ring (bicyclic) bond motifs is 1. The molecule has 0 aromatic heterocycles. The third kappa shape index (κ3) is 2.10. The van der Waals surface area contributed by atoms with Crippen molar-refractivity contribution in [1.82, 2.24) is 0 Å². The van der Waals surface area contributed by atoms with Gasteiger partial charge < -0.3 is 9.84 Å². The molecule has 2 heteroatoms. The quantitative estimate of drug-likeness (QED) is 0.770. The molecule has 1 aliphatic carbocycles. The van der Waals surface area contributed by atoms with Gasteiger partial charge in [-0.3, -0.25) is 0 Å². The lowest BCUT2D eigenvalue weighted by Gasteiger charge is -2.53. The Morgan fingerprint density at radius 1 is 1.05 bits per heavy atom. The molecule has 0 saturated heterocycles. The SMILES string of the molecule is CC(C)(C)C1(O)OC2(CCCCC2)Cc2ccccc21. The van der Waals surface area contributed by atoms with Crippen LogP contribution in [0.5, 0.6) is 0 Å². The molecule has 1 aromatic carbocycles. The minimum atomic E-state index is -1.18. The van der Waals surface area contributed by atoms with E-state index in [2.05, 4.69) is 32.9 Å². The van der Waals surface area contributed by atoms with Crippen molar-refractivity contribution < 1.29 is 9.84 Å². The second-order valence-electron chi connectivity index (χ2n) is 7.57. The summed E-state index contributed by atoms with van der Waals surface area (Å²) >= 11 is 0. The largest absolute Gasteiger partial charge is 0.361 e. The van der Waals surface area contributed by atoms with Crippen LogP contribution in [0.2, 0.25) is 0 Å². The molecule has 0 radical (unpaired) electrons. The first-order valence-electron chi connectivity index (χ1n) is 7.87. The fourth-order valence-electron chi connectivity index (χ4n) is 3.79. The summed E-state index contributed by atoms with van der Waals surface area (Å²) in [6.45, 7) is 6.18. The maximum Gasteiger partial charge on any atom is 0.198 e. The number of benzene rings is 1. The highest BCUT2D eigenvalue weighted by Crippen LogP contribution is 2.51. The van der Waals surface area contributed by atoms with Gasteiger partial charge in [-0.1, -0.05) is 64.3 Å². The molecule has 1 unspecified atom stereocenters. The lowest BCUT2D eigenvalue weighted by atomic mass is 9.71. The molecular formula is C18H26O2. The van der Waals surface area contributed by atoms with Gasteiger partial charge in [0.1, 0.15) is 0 Å². The van der Waals surface area contributed by atoms with Gasteiger partial charge in [-0.05, 0) is 18.4 Å². The summed E-state index contributed by atoms with van der Waals surface area (Å²) in [6.07, 6.45) is 6.80. The van der Waals surface area contributed by atoms with Gasteiger partial charge in [-0.15, -0.1) is 0 Å². The van der Waals surface area contributed by atoms with Crippen LogP contribution in [0.25, 0.3) is 0 Å². The van der Waals surface area contributed by atoms with Crippen molar-refractivity contribution in [2.75, 3.05) is 0 Å². The van der Waals surface area contributed by atoms with E-state index in [0.29, 0.717) is 0 Å². The van der Waals surface area contributed by atoms with Crippen LogP contribution in [0.15, 0.2) is 24.3 Å². The normalized spacial score (nSPS) is 29.2. The van der Waals surface area contributed by atoms with Crippen molar-refractivity contribution in [2.45, 2.75) is 70.7 Å². The van der Waals surface area contributed by atoms with Gasteiger partial charge in [-0.25, -0.2) is 0 Å². The molecule has 1 saturated carbocycles. The molecule has 1 N–H and O–H groups in total. The van der Waals surface area contributed by atoms with Crippen molar-refractivity contribution in [3.05, 3.63) is 35.4 Å². The van der Waals surface area contributed by atoms with Crippen LogP contribution in [0.1, 0.15) is 64.0 Å². The summed E-state index contributed by atoms with van der Waals surface area (Å²) in [6, 6.07) is 8.25. The van der Waals surface area contributed by atoms with E-state index in [9.17, 15) is 5.11 Å². The van der Waals surface area contributed by atoms with Gasteiger partial charge in [-0.2, -0.15) is 0 Å². The maximum absolute atomic E-state index is 11.4. The topological polar surface area (TPSA) is 29.5 Å². The Kier molecular flexibility index (Phi) is 3.22. The third-order valence-corrected chi connectivity index (χ3v) is 5.04. The van der Waals surface area contributed by atoms with E-state index in [-0.39, 0.29) is 11.0 Å². The van der Waals surface area contributed by atoms with Crippen molar-refractivity contribution in [3.8, 4) is 0 Å². The second-order valence-corrected chi connectivity index (χ2v) is 7.57. The second kappa shape index (κ2) is 4.57. The molecule has 1 atom stereocenters. The van der Waals surface area contributed by atoms with Gasteiger partial charge in [0.05, 0.1) is 5.60 Å². The number of ether oxygens (including phenoxy) is 1. The van der Waals surface area contributed by atoms with E-state index < -0.39 is 5.79 Å². The Hall–Kier alpha value is -0.860. The zero-order valence-electron chi connectivity index (χ0n) is 12.9. The first-order chi connectivity index (χ1) is 9.36. The molecule has 1 heterocycles. The van der Waals surface area contributed by atoms with E-state index >= 15 is 0 Å². The van der Waals surface area contributed by atoms with E-state index in [1.807, 2.05) is 12.1 Å². The minimum Gasteiger partial charge on any atom is -0.361 e. The molecular weight excluding hydrogens is 248 g/mol. The van der Waals surface area contributed by atoms with E-state index in [1.54, 1.807) is 0 Å². The summed E-state index contributed by atoms with van der Waals surface area (Å²) in [4.78, 5) is 0. The van der Waals surface area contributed by atoms with Gasteiger partial charge in [0.2, 0.25) is 0 Å². The summed E-state index contributed by atoms with van der Waals surface area (Å²) in [5.41, 5.74) is 1.73. The minimum absolute atomic E-state index is 0.158. The van der Waals surface area contributed by atoms with Gasteiger partial charge in [0.25, 0.3) is 0 Å². The Morgan fingerprint density at radius 2 is 1.70 bits per heavy atom. The summed E-state index contributed by atoms with van der Waals surface area (Å²) in [5.74, 6) is -1.18. The Labute approximate surface area is 122 Å². The molecule has 1 spiro atoms. The molecule has 2 aliphatic rings. The highest BCUT2D eigenvalue weighted by molar-refractivity contribution is 5.36. The number of rotatable bonds is 0. The van der Waals surface area contributed by atoms with Crippen LogP contribution in [0.3, 0.4) is 0 Å². The average Bonchev–Trinajstić information content (AvgIpc) is 2.38. The van der Waals surface area contributed by atoms with Crippen LogP contribution in [-0.2, 0) is 16.9 Å². The molecule has 3 rings (SSSR count). The molecule has 0 amide bonds. The fourth-order valence-corrected chi connectivity index (χ4v) is 3.79. The molecule has 1 aromatic rings. The van der Waals surface area contributed by atoms with Crippen LogP contribution in [-0.4, -0.2) is 10.7 Å². The van der Waals surface area contributed by atoms with Crippen LogP contribution >= 0.6 is 0 Å². The fraction of sp³-hybridized carbons (Fsp3) is 0.667. The molecule has 1 aliphatic heterocycles. The van der Waals surface area contributed by atoms with Gasteiger partial charge >= 0.3 is 0 Å². The highest BCUT2D eigenvalue weighted by Gasteiger charge is 2.53. The molecule has 0 bridgehead atoms. The highest BCUT2D eigenvalue weighted by atomic mass is 16.6. The maximum atomic E-state index is 11.4. The van der Waals surface area contributed by atoms with Crippen LogP contribution in [0, 0.1) is 5.41 Å². The van der Waals surface area contributed by atoms with Gasteiger partial charge in [0.15, 0.2) is 5.79 Å². The summed E-state index contributed by atoms with van der Waals surface area (Å²) < 4.78 is 6.45. The van der Waals surface area contributed by atoms with Crippen LogP contribution in [0.4, 0.5) is 0 Å². The monoisotopic (exact) mass is 274 g/mol. The predicted octanol–water partition coefficient (Wildman–Crippen LogP) is 4.15. The number of hydrogen-bond donors (Lipinski definition) is 1. The van der Waals surface area contributed by atoms with E-state index in [4.69, 9.17) is 4.74 Å². The molecule has 2 nitrogen and oxygen atoms in total. The van der Waals surface area contributed by atoms with Crippen molar-refractivity contribution in [3.63, 3.8) is 0 Å². The Morgan fingerprint density at radius 3 is 2.35 bits per heavy atom. The van der Waals surface area contributed by atoms with Crippen molar-refractivity contribution in [1.29, 1.82) is 0 Å². The zero-order chi connectivity index (χ0) is 14.4. The summed E-state index contributed by atoms with van der Waals surface area (Å²) in [7, 11) is 0. The summed E-state index contributed by atoms with van der Waals surface area (Å²) in [5, 5.41) is 11.4. The standard InChI is InChI=1S/C18H26O2/c1-16(2,3)18(19)15-10-6-5-9-14(15)13-17(20-18)11-7-4-8-12-17/h5-6,9-10,19H,4,7-8,11-13H2,1-3H3. The number of hydrogen-bond acceptors (Lipinski definition) is 2. The smallest absolute Gasteiger partial charge is 0.198 e. The molecule has 1 fully saturated rings. The third-order valence-electron chi connectivity index (χ3n) is 5.04. The molecule has 20 heavy (non-hydrogen) atoms. The predicted molar refractivity (Wildman–Crippen MR) is 80.4 cm³/mol. The van der Waals surface area contributed by atoms with Crippen molar-refractivity contribution >= 4 is 0 Å². The van der Waals surface area contributed by atoms with Crippen molar-refractivity contribution in [2.24, 2.45) is 5.41 Å². The lowest BCUT2D eigenvalue weighted by molar-refractivity contribution is -0.335. The van der Waals surface area contributed by atoms with E-state index in [0.717, 1.165) is 24.8 Å². The molecule has 110 valence electrons. The van der Waals surface area contributed by atoms with Gasteiger partial charge in [0, 0.05) is 17.4 Å². The van der Waals surface area contributed by atoms with Crippen LogP contribution < -0.4 is 0 Å². The first kappa shape index (κ1) is 14.1. The Bertz CT molecular complexity index is 494. The van der Waals surface area contributed by atoms with E-state index in [1.165, 1.54) is 24.8 Å². The lowest BCUT2D eigenvalue weighted by Crippen LogP contribution is -2.55.